The van der Waals surface area contributed by atoms with Crippen molar-refractivity contribution in [3.8, 4) is 0 Å². The summed E-state index contributed by atoms with van der Waals surface area (Å²) >= 11 is 0. The number of carbonyl (C=O) groups is 1. The van der Waals surface area contributed by atoms with Crippen molar-refractivity contribution in [1.82, 2.24) is 0 Å². The van der Waals surface area contributed by atoms with Gasteiger partial charge in [-0.1, -0.05) is 30.3 Å². The van der Waals surface area contributed by atoms with Crippen LogP contribution in [0.15, 0.2) is 41.7 Å². The molecule has 5 saturated carbocycles. The van der Waals surface area contributed by atoms with Crippen molar-refractivity contribution in [3.05, 3.63) is 47.2 Å². The average Bonchev–Trinajstić information content (AvgIpc) is 3.31. The van der Waals surface area contributed by atoms with E-state index >= 15 is 0 Å². The first kappa shape index (κ1) is 15.4. The first-order valence-corrected chi connectivity index (χ1v) is 11.1. The fraction of sp³-hybridized carbons (Fsp3) is 0.640. The first-order valence-electron chi connectivity index (χ1n) is 11.1. The lowest BCUT2D eigenvalue weighted by atomic mass is 9.75. The van der Waals surface area contributed by atoms with Gasteiger partial charge >= 0.3 is 0 Å². The highest BCUT2D eigenvalue weighted by Crippen LogP contribution is 2.80. The van der Waals surface area contributed by atoms with Gasteiger partial charge in [-0.3, -0.25) is 4.79 Å². The summed E-state index contributed by atoms with van der Waals surface area (Å²) in [6, 6.07) is 11.1. The monoisotopic (exact) mass is 360 g/mol. The number of methoxy groups -OCH3 is 1. The van der Waals surface area contributed by atoms with E-state index in [0.717, 1.165) is 23.2 Å². The summed E-state index contributed by atoms with van der Waals surface area (Å²) in [6.45, 7) is 0. The lowest BCUT2D eigenvalue weighted by Crippen LogP contribution is -2.29. The van der Waals surface area contributed by atoms with E-state index in [0.29, 0.717) is 35.4 Å². The second-order valence-corrected chi connectivity index (χ2v) is 10.3. The van der Waals surface area contributed by atoms with Crippen molar-refractivity contribution in [1.29, 1.82) is 0 Å². The van der Waals surface area contributed by atoms with Crippen LogP contribution in [-0.2, 0) is 14.9 Å². The summed E-state index contributed by atoms with van der Waals surface area (Å²) in [5.41, 5.74) is 2.54. The number of carbonyl (C=O) groups excluding carboxylic acids is 1. The molecule has 5 fully saturated rings. The van der Waals surface area contributed by atoms with E-state index in [1.165, 1.54) is 44.1 Å². The number of hydrogen-bond donors (Lipinski definition) is 0. The minimum absolute atomic E-state index is 0.0163. The Hall–Kier alpha value is -1.57. The van der Waals surface area contributed by atoms with E-state index in [1.54, 1.807) is 0 Å². The van der Waals surface area contributed by atoms with Gasteiger partial charge in [-0.15, -0.1) is 0 Å². The van der Waals surface area contributed by atoms with Gasteiger partial charge in [0.1, 0.15) is 5.76 Å². The first-order chi connectivity index (χ1) is 13.3. The zero-order valence-electron chi connectivity index (χ0n) is 16.1. The fourth-order valence-electron chi connectivity index (χ4n) is 9.20. The van der Waals surface area contributed by atoms with Crippen molar-refractivity contribution in [3.63, 3.8) is 0 Å². The fourth-order valence-corrected chi connectivity index (χ4v) is 9.20. The van der Waals surface area contributed by atoms with Gasteiger partial charge in [-0.2, -0.15) is 0 Å². The molecule has 140 valence electrons. The van der Waals surface area contributed by atoms with Gasteiger partial charge in [0.15, 0.2) is 5.78 Å². The van der Waals surface area contributed by atoms with E-state index < -0.39 is 0 Å². The third-order valence-corrected chi connectivity index (χ3v) is 9.76. The van der Waals surface area contributed by atoms with E-state index in [2.05, 4.69) is 30.3 Å². The molecule has 6 aliphatic carbocycles. The van der Waals surface area contributed by atoms with Crippen LogP contribution in [0.3, 0.4) is 0 Å². The Labute approximate surface area is 161 Å². The zero-order valence-corrected chi connectivity index (χ0v) is 16.1. The SMILES string of the molecule is COC1=C(C2(c3ccccc3)[C@@H]3[C@@H]4CC[C@@H](C4)[C@H]32)C(=O)[C@H]2[C@@H]3CC[C@@H](C3)[C@@H]12. The zero-order chi connectivity index (χ0) is 17.9. The van der Waals surface area contributed by atoms with E-state index in [-0.39, 0.29) is 11.3 Å². The number of ether oxygens (including phenoxy) is 1. The van der Waals surface area contributed by atoms with Gasteiger partial charge in [0.2, 0.25) is 0 Å². The summed E-state index contributed by atoms with van der Waals surface area (Å²) in [6.07, 6.45) is 7.99. The van der Waals surface area contributed by atoms with Crippen LogP contribution in [0.2, 0.25) is 0 Å². The van der Waals surface area contributed by atoms with Crippen molar-refractivity contribution in [2.45, 2.75) is 43.9 Å². The largest absolute Gasteiger partial charge is 0.500 e. The van der Waals surface area contributed by atoms with Crippen LogP contribution in [0, 0.1) is 47.3 Å². The minimum atomic E-state index is -0.0163. The maximum absolute atomic E-state index is 13.9. The van der Waals surface area contributed by atoms with Crippen molar-refractivity contribution in [2.75, 3.05) is 7.11 Å². The Kier molecular flexibility index (Phi) is 2.78. The predicted octanol–water partition coefficient (Wildman–Crippen LogP) is 4.75. The summed E-state index contributed by atoms with van der Waals surface area (Å²) in [5, 5.41) is 0. The summed E-state index contributed by atoms with van der Waals surface area (Å²) < 4.78 is 6.12. The number of fused-ring (bicyclic) bond motifs is 10. The Morgan fingerprint density at radius 3 is 2.11 bits per heavy atom. The molecule has 2 heteroatoms. The number of allylic oxidation sites excluding steroid dienone is 2. The molecule has 1 unspecified atom stereocenters. The molecular weight excluding hydrogens is 332 g/mol. The lowest BCUT2D eigenvalue weighted by molar-refractivity contribution is -0.121. The van der Waals surface area contributed by atoms with E-state index in [9.17, 15) is 4.79 Å². The summed E-state index contributed by atoms with van der Waals surface area (Å²) in [7, 11) is 1.84. The molecule has 9 atom stereocenters. The molecule has 6 aliphatic rings. The number of rotatable bonds is 3. The molecule has 0 radical (unpaired) electrons. The van der Waals surface area contributed by atoms with Gasteiger partial charge in [-0.05, 0) is 79.6 Å². The van der Waals surface area contributed by atoms with Crippen LogP contribution >= 0.6 is 0 Å². The van der Waals surface area contributed by atoms with Gasteiger partial charge in [0.05, 0.1) is 7.11 Å². The maximum atomic E-state index is 13.9. The van der Waals surface area contributed by atoms with Crippen LogP contribution in [0.1, 0.15) is 44.1 Å². The van der Waals surface area contributed by atoms with Crippen LogP contribution in [0.5, 0.6) is 0 Å². The minimum Gasteiger partial charge on any atom is -0.500 e. The van der Waals surface area contributed by atoms with Crippen molar-refractivity contribution in [2.24, 2.45) is 47.3 Å². The molecule has 7 rings (SSSR count). The molecule has 0 heterocycles. The number of benzene rings is 1. The standard InChI is InChI=1S/C25H28O2/c1-27-24-19-14-8-7-13(11-14)18(19)23(26)22(24)25(17-5-3-2-4-6-17)20-15-9-10-16(12-15)21(20)25/h2-6,13-16,18-21H,7-12H2,1H3/t13-,14+,15-,16+,18+,19-,20-,21-,25?/m1/s1. The third kappa shape index (κ3) is 1.57. The Morgan fingerprint density at radius 1 is 0.852 bits per heavy atom. The molecule has 0 amide bonds. The quantitative estimate of drug-likeness (QED) is 0.778. The lowest BCUT2D eigenvalue weighted by Gasteiger charge is -2.27. The molecule has 0 N–H and O–H groups in total. The number of hydrogen-bond acceptors (Lipinski definition) is 2. The van der Waals surface area contributed by atoms with E-state index in [4.69, 9.17) is 4.74 Å². The number of Topliss-reactive ketones (excluding diaryl/α,β-unsaturated/α-hetero) is 1. The third-order valence-electron chi connectivity index (χ3n) is 9.76. The highest BCUT2D eigenvalue weighted by Gasteiger charge is 2.79. The Balaban J connectivity index is 1.45. The average molecular weight is 360 g/mol. The smallest absolute Gasteiger partial charge is 0.167 e. The molecule has 27 heavy (non-hydrogen) atoms. The van der Waals surface area contributed by atoms with Gasteiger partial charge in [0, 0.05) is 22.8 Å². The maximum Gasteiger partial charge on any atom is 0.167 e. The molecule has 0 aromatic heterocycles. The normalized spacial score (nSPS) is 51.1. The topological polar surface area (TPSA) is 26.3 Å². The van der Waals surface area contributed by atoms with E-state index in [1.807, 2.05) is 7.11 Å². The number of ketones is 1. The highest BCUT2D eigenvalue weighted by atomic mass is 16.5. The molecule has 0 aliphatic heterocycles. The highest BCUT2D eigenvalue weighted by molar-refractivity contribution is 6.05. The summed E-state index contributed by atoms with van der Waals surface area (Å²) in [5.74, 6) is 6.61. The second-order valence-electron chi connectivity index (χ2n) is 10.3. The van der Waals surface area contributed by atoms with Crippen LogP contribution in [-0.4, -0.2) is 12.9 Å². The molecule has 0 saturated heterocycles. The molecular formula is C25H28O2. The van der Waals surface area contributed by atoms with Gasteiger partial charge in [0.25, 0.3) is 0 Å². The van der Waals surface area contributed by atoms with Crippen LogP contribution < -0.4 is 0 Å². The van der Waals surface area contributed by atoms with Crippen LogP contribution in [0.25, 0.3) is 0 Å². The second kappa shape index (κ2) is 4.88. The van der Waals surface area contributed by atoms with Gasteiger partial charge < -0.3 is 4.74 Å². The molecule has 4 bridgehead atoms. The van der Waals surface area contributed by atoms with Crippen molar-refractivity contribution >= 4 is 5.78 Å². The van der Waals surface area contributed by atoms with Crippen LogP contribution in [0.4, 0.5) is 0 Å². The predicted molar refractivity (Wildman–Crippen MR) is 103 cm³/mol. The summed E-state index contributed by atoms with van der Waals surface area (Å²) in [4.78, 5) is 13.9. The Morgan fingerprint density at radius 2 is 1.44 bits per heavy atom. The molecule has 2 nitrogen and oxygen atoms in total. The molecule has 1 aromatic rings. The Bertz CT molecular complexity index is 852. The molecule has 1 aromatic carbocycles. The van der Waals surface area contributed by atoms with Gasteiger partial charge in [-0.25, -0.2) is 0 Å². The van der Waals surface area contributed by atoms with Crippen molar-refractivity contribution < 1.29 is 9.53 Å². The molecule has 0 spiro atoms.